The molecule has 1 aromatic rings. The van der Waals surface area contributed by atoms with E-state index in [2.05, 4.69) is 58.6 Å². The summed E-state index contributed by atoms with van der Waals surface area (Å²) in [5.41, 5.74) is 2.63. The molecule has 0 amide bonds. The molecule has 0 bridgehead atoms. The predicted octanol–water partition coefficient (Wildman–Crippen LogP) is 3.01. The summed E-state index contributed by atoms with van der Waals surface area (Å²) in [6.45, 7) is 11.5. The summed E-state index contributed by atoms with van der Waals surface area (Å²) in [5, 5.41) is 6.74. The summed E-state index contributed by atoms with van der Waals surface area (Å²) in [6.07, 6.45) is 2.26. The Kier molecular flexibility index (Phi) is 13.5. The summed E-state index contributed by atoms with van der Waals surface area (Å²) in [6, 6.07) is 8.76. The van der Waals surface area contributed by atoms with Crippen molar-refractivity contribution in [1.82, 2.24) is 15.5 Å². The molecule has 0 saturated carbocycles. The highest BCUT2D eigenvalue weighted by molar-refractivity contribution is 14.0. The van der Waals surface area contributed by atoms with Crippen LogP contribution in [0.15, 0.2) is 29.3 Å². The molecule has 6 nitrogen and oxygen atoms in total. The van der Waals surface area contributed by atoms with Gasteiger partial charge in [0.15, 0.2) is 5.96 Å². The number of hydrogen-bond donors (Lipinski definition) is 2. The van der Waals surface area contributed by atoms with Gasteiger partial charge in [-0.25, -0.2) is 0 Å². The lowest BCUT2D eigenvalue weighted by Crippen LogP contribution is -2.37. The maximum absolute atomic E-state index is 5.78. The maximum atomic E-state index is 5.78. The van der Waals surface area contributed by atoms with Gasteiger partial charge in [0, 0.05) is 39.9 Å². The Morgan fingerprint density at radius 2 is 2.04 bits per heavy atom. The van der Waals surface area contributed by atoms with Gasteiger partial charge < -0.3 is 20.1 Å². The fourth-order valence-electron chi connectivity index (χ4n) is 3.12. The summed E-state index contributed by atoms with van der Waals surface area (Å²) < 4.78 is 11.1. The van der Waals surface area contributed by atoms with E-state index in [-0.39, 0.29) is 30.1 Å². The Hall–Kier alpha value is -0.900. The van der Waals surface area contributed by atoms with Gasteiger partial charge in [0.25, 0.3) is 0 Å². The average molecular weight is 504 g/mol. The van der Waals surface area contributed by atoms with Crippen molar-refractivity contribution >= 4 is 29.9 Å². The maximum Gasteiger partial charge on any atom is 0.191 e. The third kappa shape index (κ3) is 9.54. The van der Waals surface area contributed by atoms with Gasteiger partial charge in [0.05, 0.1) is 12.7 Å². The number of benzene rings is 1. The highest BCUT2D eigenvalue weighted by Gasteiger charge is 2.15. The lowest BCUT2D eigenvalue weighted by Gasteiger charge is -2.18. The molecule has 0 aliphatic carbocycles. The van der Waals surface area contributed by atoms with Gasteiger partial charge in [0.1, 0.15) is 0 Å². The van der Waals surface area contributed by atoms with Crippen molar-refractivity contribution in [2.45, 2.75) is 45.9 Å². The lowest BCUT2D eigenvalue weighted by molar-refractivity contribution is 0.0420. The third-order valence-electron chi connectivity index (χ3n) is 4.83. The second-order valence-corrected chi connectivity index (χ2v) is 6.84. The minimum atomic E-state index is 0. The first-order chi connectivity index (χ1) is 13.2. The smallest absolute Gasteiger partial charge is 0.191 e. The van der Waals surface area contributed by atoms with Crippen LogP contribution in [0.4, 0.5) is 0 Å². The van der Waals surface area contributed by atoms with Crippen LogP contribution in [0, 0.1) is 0 Å². The fourth-order valence-corrected chi connectivity index (χ4v) is 3.12. The van der Waals surface area contributed by atoms with Crippen molar-refractivity contribution in [3.8, 4) is 0 Å². The van der Waals surface area contributed by atoms with Gasteiger partial charge in [-0.1, -0.05) is 38.1 Å². The first-order valence-corrected chi connectivity index (χ1v) is 10.2. The number of rotatable bonds is 11. The second kappa shape index (κ2) is 15.0. The summed E-state index contributed by atoms with van der Waals surface area (Å²) in [4.78, 5) is 6.72. The third-order valence-corrected chi connectivity index (χ3v) is 4.83. The van der Waals surface area contributed by atoms with Crippen molar-refractivity contribution in [2.75, 3.05) is 46.5 Å². The standard InChI is InChI=1S/C21H36N4O2.HI/c1-4-25(5-2)16-19-9-6-8-18(14-19)15-24-21(22-3)23-11-7-12-27-20-10-13-26-17-20;/h6,8-9,14,20H,4-5,7,10-13,15-17H2,1-3H3,(H2,22,23,24);1H. The molecule has 1 saturated heterocycles. The van der Waals surface area contributed by atoms with E-state index in [1.165, 1.54) is 11.1 Å². The SMILES string of the molecule is CCN(CC)Cc1cccc(CNC(=NC)NCCCOC2CCOC2)c1.I. The van der Waals surface area contributed by atoms with Crippen molar-refractivity contribution in [3.05, 3.63) is 35.4 Å². The molecule has 0 radical (unpaired) electrons. The first kappa shape index (κ1) is 25.1. The van der Waals surface area contributed by atoms with Crippen LogP contribution >= 0.6 is 24.0 Å². The minimum absolute atomic E-state index is 0. The van der Waals surface area contributed by atoms with Crippen LogP contribution in [0.25, 0.3) is 0 Å². The number of hydrogen-bond acceptors (Lipinski definition) is 4. The topological polar surface area (TPSA) is 58.1 Å². The van der Waals surface area contributed by atoms with E-state index in [9.17, 15) is 0 Å². The Morgan fingerprint density at radius 3 is 2.71 bits per heavy atom. The fraction of sp³-hybridized carbons (Fsp3) is 0.667. The number of nitrogens with zero attached hydrogens (tertiary/aromatic N) is 2. The highest BCUT2D eigenvalue weighted by atomic mass is 127. The molecule has 160 valence electrons. The Labute approximate surface area is 187 Å². The second-order valence-electron chi connectivity index (χ2n) is 6.84. The Bertz CT molecular complexity index is 561. The molecule has 1 aliphatic heterocycles. The monoisotopic (exact) mass is 504 g/mol. The molecule has 0 aromatic heterocycles. The van der Waals surface area contributed by atoms with Crippen LogP contribution in [-0.4, -0.2) is 63.5 Å². The molecule has 1 heterocycles. The van der Waals surface area contributed by atoms with Crippen LogP contribution in [-0.2, 0) is 22.6 Å². The van der Waals surface area contributed by atoms with Crippen LogP contribution in [0.2, 0.25) is 0 Å². The zero-order valence-electron chi connectivity index (χ0n) is 17.6. The molecular weight excluding hydrogens is 467 g/mol. The molecule has 0 spiro atoms. The summed E-state index contributed by atoms with van der Waals surface area (Å²) in [5.74, 6) is 0.827. The molecule has 1 fully saturated rings. The van der Waals surface area contributed by atoms with Crippen molar-refractivity contribution < 1.29 is 9.47 Å². The number of aliphatic imine (C=N–C) groups is 1. The zero-order valence-corrected chi connectivity index (χ0v) is 19.9. The molecule has 7 heteroatoms. The number of guanidine groups is 1. The molecular formula is C21H37IN4O2. The van der Waals surface area contributed by atoms with Crippen LogP contribution < -0.4 is 10.6 Å². The molecule has 2 N–H and O–H groups in total. The zero-order chi connectivity index (χ0) is 19.3. The normalized spacial score (nSPS) is 16.9. The van der Waals surface area contributed by atoms with E-state index in [1.807, 2.05) is 0 Å². The molecule has 1 aromatic carbocycles. The van der Waals surface area contributed by atoms with Gasteiger partial charge in [-0.05, 0) is 37.1 Å². The lowest BCUT2D eigenvalue weighted by atomic mass is 10.1. The van der Waals surface area contributed by atoms with E-state index in [4.69, 9.17) is 9.47 Å². The molecule has 1 aliphatic rings. The Morgan fingerprint density at radius 1 is 1.25 bits per heavy atom. The summed E-state index contributed by atoms with van der Waals surface area (Å²) in [7, 11) is 1.80. The molecule has 28 heavy (non-hydrogen) atoms. The summed E-state index contributed by atoms with van der Waals surface area (Å²) >= 11 is 0. The van der Waals surface area contributed by atoms with E-state index in [1.54, 1.807) is 7.05 Å². The van der Waals surface area contributed by atoms with E-state index in [0.717, 1.165) is 71.3 Å². The predicted molar refractivity (Wildman–Crippen MR) is 126 cm³/mol. The van der Waals surface area contributed by atoms with Crippen molar-refractivity contribution in [2.24, 2.45) is 4.99 Å². The number of nitrogens with one attached hydrogen (secondary N) is 2. The van der Waals surface area contributed by atoms with Crippen LogP contribution in [0.5, 0.6) is 0 Å². The van der Waals surface area contributed by atoms with Gasteiger partial charge in [-0.15, -0.1) is 24.0 Å². The quantitative estimate of drug-likeness (QED) is 0.210. The highest BCUT2D eigenvalue weighted by Crippen LogP contribution is 2.09. The van der Waals surface area contributed by atoms with Gasteiger partial charge in [-0.2, -0.15) is 0 Å². The molecule has 2 rings (SSSR count). The minimum Gasteiger partial charge on any atom is -0.379 e. The van der Waals surface area contributed by atoms with Gasteiger partial charge >= 0.3 is 0 Å². The molecule has 1 atom stereocenters. The largest absolute Gasteiger partial charge is 0.379 e. The van der Waals surface area contributed by atoms with E-state index >= 15 is 0 Å². The first-order valence-electron chi connectivity index (χ1n) is 10.2. The number of halogens is 1. The van der Waals surface area contributed by atoms with Crippen LogP contribution in [0.3, 0.4) is 0 Å². The van der Waals surface area contributed by atoms with Crippen LogP contribution in [0.1, 0.15) is 37.8 Å². The Balaban J connectivity index is 0.00000392. The van der Waals surface area contributed by atoms with Crippen molar-refractivity contribution in [1.29, 1.82) is 0 Å². The van der Waals surface area contributed by atoms with E-state index < -0.39 is 0 Å². The van der Waals surface area contributed by atoms with Gasteiger partial charge in [0.2, 0.25) is 0 Å². The van der Waals surface area contributed by atoms with E-state index in [0.29, 0.717) is 0 Å². The average Bonchev–Trinajstić information content (AvgIpc) is 3.22. The molecule has 1 unspecified atom stereocenters. The van der Waals surface area contributed by atoms with Gasteiger partial charge in [-0.3, -0.25) is 9.89 Å². The van der Waals surface area contributed by atoms with Crippen molar-refractivity contribution in [3.63, 3.8) is 0 Å². The number of ether oxygens (including phenoxy) is 2.